The summed E-state index contributed by atoms with van der Waals surface area (Å²) in [4.78, 5) is 13.8. The lowest BCUT2D eigenvalue weighted by Gasteiger charge is -2.34. The van der Waals surface area contributed by atoms with E-state index >= 15 is 0 Å². The van der Waals surface area contributed by atoms with Crippen LogP contribution in [0.2, 0.25) is 0 Å². The summed E-state index contributed by atoms with van der Waals surface area (Å²) < 4.78 is 5.08. The summed E-state index contributed by atoms with van der Waals surface area (Å²) >= 11 is 0. The van der Waals surface area contributed by atoms with E-state index in [1.54, 1.807) is 19.1 Å². The Balaban J connectivity index is 2.03. The Kier molecular flexibility index (Phi) is 3.33. The highest BCUT2D eigenvalue weighted by Gasteiger charge is 2.34. The van der Waals surface area contributed by atoms with Gasteiger partial charge in [0.1, 0.15) is 5.75 Å². The second kappa shape index (κ2) is 4.75. The minimum Gasteiger partial charge on any atom is -0.497 e. The van der Waals surface area contributed by atoms with Gasteiger partial charge in [-0.2, -0.15) is 0 Å². The van der Waals surface area contributed by atoms with Crippen LogP contribution in [0.4, 0.5) is 5.69 Å². The summed E-state index contributed by atoms with van der Waals surface area (Å²) in [5.41, 5.74) is 6.58. The molecular formula is C13H18N2O2. The molecule has 17 heavy (non-hydrogen) atoms. The molecule has 1 saturated carbocycles. The zero-order valence-corrected chi connectivity index (χ0v) is 10.2. The van der Waals surface area contributed by atoms with Gasteiger partial charge in [-0.15, -0.1) is 0 Å². The number of hydrogen-bond donors (Lipinski definition) is 1. The number of rotatable bonds is 3. The van der Waals surface area contributed by atoms with Crippen LogP contribution in [-0.4, -0.2) is 26.1 Å². The van der Waals surface area contributed by atoms with E-state index in [1.165, 1.54) is 0 Å². The highest BCUT2D eigenvalue weighted by Crippen LogP contribution is 2.29. The number of carbonyl (C=O) groups is 1. The number of nitrogens with zero attached hydrogens (tertiary/aromatic N) is 1. The highest BCUT2D eigenvalue weighted by molar-refractivity contribution is 5.95. The summed E-state index contributed by atoms with van der Waals surface area (Å²) in [5.74, 6) is 1.04. The molecule has 1 aliphatic carbocycles. The number of nitrogens with two attached hydrogens (primary N) is 1. The summed E-state index contributed by atoms with van der Waals surface area (Å²) in [7, 11) is 3.42. The number of hydrogen-bond acceptors (Lipinski definition) is 3. The molecule has 1 fully saturated rings. The SMILES string of the molecule is COc1ccc(N(C)C(=O)C2CC(N)C2)cc1. The van der Waals surface area contributed by atoms with E-state index in [-0.39, 0.29) is 17.9 Å². The fourth-order valence-corrected chi connectivity index (χ4v) is 2.07. The maximum atomic E-state index is 12.1. The average Bonchev–Trinajstić information content (AvgIpc) is 2.33. The van der Waals surface area contributed by atoms with Gasteiger partial charge in [0, 0.05) is 24.7 Å². The van der Waals surface area contributed by atoms with Gasteiger partial charge in [-0.3, -0.25) is 4.79 Å². The summed E-state index contributed by atoms with van der Waals surface area (Å²) in [6.45, 7) is 0. The van der Waals surface area contributed by atoms with Crippen LogP contribution in [0.15, 0.2) is 24.3 Å². The van der Waals surface area contributed by atoms with Gasteiger partial charge in [0.05, 0.1) is 7.11 Å². The van der Waals surface area contributed by atoms with Crippen molar-refractivity contribution >= 4 is 11.6 Å². The first kappa shape index (κ1) is 11.9. The van der Waals surface area contributed by atoms with Gasteiger partial charge in [0.25, 0.3) is 0 Å². The molecule has 0 aliphatic heterocycles. The third-order valence-electron chi connectivity index (χ3n) is 3.31. The molecule has 0 saturated heterocycles. The number of anilines is 1. The standard InChI is InChI=1S/C13H18N2O2/c1-15(13(16)9-7-10(14)8-9)11-3-5-12(17-2)6-4-11/h3-6,9-10H,7-8,14H2,1-2H3. The monoisotopic (exact) mass is 234 g/mol. The van der Waals surface area contributed by atoms with Gasteiger partial charge in [0.2, 0.25) is 5.91 Å². The van der Waals surface area contributed by atoms with Gasteiger partial charge in [-0.05, 0) is 37.1 Å². The maximum absolute atomic E-state index is 12.1. The average molecular weight is 234 g/mol. The lowest BCUT2D eigenvalue weighted by molar-refractivity contribution is -0.124. The van der Waals surface area contributed by atoms with E-state index in [0.717, 1.165) is 24.3 Å². The normalized spacial score (nSPS) is 22.8. The zero-order valence-electron chi connectivity index (χ0n) is 10.2. The summed E-state index contributed by atoms with van der Waals surface area (Å²) in [6.07, 6.45) is 1.61. The Hall–Kier alpha value is -1.55. The molecule has 2 rings (SSSR count). The minimum atomic E-state index is 0.0945. The molecule has 92 valence electrons. The van der Waals surface area contributed by atoms with Crippen molar-refractivity contribution in [1.29, 1.82) is 0 Å². The van der Waals surface area contributed by atoms with Crippen molar-refractivity contribution in [1.82, 2.24) is 0 Å². The van der Waals surface area contributed by atoms with Crippen LogP contribution < -0.4 is 15.4 Å². The Morgan fingerprint density at radius 3 is 2.41 bits per heavy atom. The summed E-state index contributed by atoms with van der Waals surface area (Å²) in [5, 5.41) is 0. The largest absolute Gasteiger partial charge is 0.497 e. The number of benzene rings is 1. The molecule has 0 aromatic heterocycles. The van der Waals surface area contributed by atoms with Crippen molar-refractivity contribution in [3.05, 3.63) is 24.3 Å². The second-order valence-electron chi connectivity index (χ2n) is 4.52. The van der Waals surface area contributed by atoms with Crippen LogP contribution in [0.3, 0.4) is 0 Å². The molecule has 1 aliphatic rings. The van der Waals surface area contributed by atoms with E-state index in [0.29, 0.717) is 0 Å². The molecule has 1 aromatic carbocycles. The second-order valence-corrected chi connectivity index (χ2v) is 4.52. The van der Waals surface area contributed by atoms with Crippen molar-refractivity contribution < 1.29 is 9.53 Å². The van der Waals surface area contributed by atoms with E-state index in [9.17, 15) is 4.79 Å². The Morgan fingerprint density at radius 2 is 1.94 bits per heavy atom. The van der Waals surface area contributed by atoms with E-state index in [2.05, 4.69) is 0 Å². The molecule has 1 aromatic rings. The first-order valence-electron chi connectivity index (χ1n) is 5.79. The van der Waals surface area contributed by atoms with E-state index in [1.807, 2.05) is 24.3 Å². The van der Waals surface area contributed by atoms with Crippen molar-refractivity contribution in [2.75, 3.05) is 19.1 Å². The minimum absolute atomic E-state index is 0.0945. The third kappa shape index (κ3) is 2.42. The lowest BCUT2D eigenvalue weighted by Crippen LogP contribution is -2.45. The Labute approximate surface area is 101 Å². The van der Waals surface area contributed by atoms with Gasteiger partial charge in [0.15, 0.2) is 0 Å². The molecule has 0 heterocycles. The first-order valence-corrected chi connectivity index (χ1v) is 5.79. The third-order valence-corrected chi connectivity index (χ3v) is 3.31. The predicted octanol–water partition coefficient (Wildman–Crippen LogP) is 1.40. The predicted molar refractivity (Wildman–Crippen MR) is 67.1 cm³/mol. The fourth-order valence-electron chi connectivity index (χ4n) is 2.07. The molecule has 4 nitrogen and oxygen atoms in total. The maximum Gasteiger partial charge on any atom is 0.229 e. The smallest absolute Gasteiger partial charge is 0.229 e. The van der Waals surface area contributed by atoms with E-state index < -0.39 is 0 Å². The van der Waals surface area contributed by atoms with Gasteiger partial charge >= 0.3 is 0 Å². The van der Waals surface area contributed by atoms with Crippen LogP contribution in [-0.2, 0) is 4.79 Å². The number of amides is 1. The molecule has 1 amide bonds. The first-order chi connectivity index (χ1) is 8.11. The number of methoxy groups -OCH3 is 1. The van der Waals surface area contributed by atoms with E-state index in [4.69, 9.17) is 10.5 Å². The van der Waals surface area contributed by atoms with Crippen molar-refractivity contribution in [2.24, 2.45) is 11.7 Å². The number of carbonyl (C=O) groups excluding carboxylic acids is 1. The molecule has 0 radical (unpaired) electrons. The van der Waals surface area contributed by atoms with Crippen molar-refractivity contribution in [3.63, 3.8) is 0 Å². The molecule has 0 spiro atoms. The van der Waals surface area contributed by atoms with Crippen LogP contribution in [0, 0.1) is 5.92 Å². The van der Waals surface area contributed by atoms with Gasteiger partial charge < -0.3 is 15.4 Å². The Bertz CT molecular complexity index is 396. The highest BCUT2D eigenvalue weighted by atomic mass is 16.5. The molecule has 0 atom stereocenters. The topological polar surface area (TPSA) is 55.6 Å². The molecule has 2 N–H and O–H groups in total. The quantitative estimate of drug-likeness (QED) is 0.860. The molecule has 4 heteroatoms. The van der Waals surface area contributed by atoms with Crippen LogP contribution in [0.5, 0.6) is 5.75 Å². The molecule has 0 bridgehead atoms. The lowest BCUT2D eigenvalue weighted by atomic mass is 9.80. The molecule has 0 unspecified atom stereocenters. The zero-order chi connectivity index (χ0) is 12.4. The Morgan fingerprint density at radius 1 is 1.35 bits per heavy atom. The molecular weight excluding hydrogens is 216 g/mol. The van der Waals surface area contributed by atoms with Crippen molar-refractivity contribution in [2.45, 2.75) is 18.9 Å². The fraction of sp³-hybridized carbons (Fsp3) is 0.462. The van der Waals surface area contributed by atoms with Gasteiger partial charge in [-0.1, -0.05) is 0 Å². The summed E-state index contributed by atoms with van der Waals surface area (Å²) in [6, 6.07) is 7.68. The van der Waals surface area contributed by atoms with Crippen LogP contribution in [0.1, 0.15) is 12.8 Å². The number of ether oxygens (including phenoxy) is 1. The van der Waals surface area contributed by atoms with Crippen molar-refractivity contribution in [3.8, 4) is 5.75 Å². The van der Waals surface area contributed by atoms with Gasteiger partial charge in [-0.25, -0.2) is 0 Å². The van der Waals surface area contributed by atoms with Crippen LogP contribution >= 0.6 is 0 Å². The van der Waals surface area contributed by atoms with Crippen LogP contribution in [0.25, 0.3) is 0 Å².